The van der Waals surface area contributed by atoms with Crippen LogP contribution in [-0.2, 0) is 11.2 Å². The molecule has 0 saturated heterocycles. The Bertz CT molecular complexity index is 497. The van der Waals surface area contributed by atoms with Crippen molar-refractivity contribution in [1.29, 1.82) is 0 Å². The highest BCUT2D eigenvalue weighted by Crippen LogP contribution is 2.33. The van der Waals surface area contributed by atoms with Crippen molar-refractivity contribution in [1.82, 2.24) is 0 Å². The molecule has 1 fully saturated rings. The molecule has 1 aliphatic heterocycles. The summed E-state index contributed by atoms with van der Waals surface area (Å²) >= 11 is 5.64. The van der Waals surface area contributed by atoms with E-state index in [1.54, 1.807) is 4.90 Å². The third-order valence-electron chi connectivity index (χ3n) is 4.22. The molecule has 0 radical (unpaired) electrons. The van der Waals surface area contributed by atoms with Gasteiger partial charge in [0, 0.05) is 12.2 Å². The second-order valence-corrected chi connectivity index (χ2v) is 5.86. The first-order valence-electron chi connectivity index (χ1n) is 7.44. The molecule has 1 aromatic rings. The van der Waals surface area contributed by atoms with E-state index in [1.807, 2.05) is 12.1 Å². The van der Waals surface area contributed by atoms with Crippen molar-refractivity contribution in [2.45, 2.75) is 44.6 Å². The molecule has 0 atom stereocenters. The van der Waals surface area contributed by atoms with Gasteiger partial charge in [-0.3, -0.25) is 4.79 Å². The van der Waals surface area contributed by atoms with E-state index in [4.69, 9.17) is 16.3 Å². The minimum absolute atomic E-state index is 0.0219. The number of carbonyl (C=O) groups excluding carboxylic acids is 1. The van der Waals surface area contributed by atoms with Crippen LogP contribution in [0, 0.1) is 0 Å². The van der Waals surface area contributed by atoms with E-state index in [0.29, 0.717) is 6.10 Å². The highest BCUT2D eigenvalue weighted by atomic mass is 35.5. The Hall–Kier alpha value is -1.22. The van der Waals surface area contributed by atoms with Gasteiger partial charge in [-0.2, -0.15) is 0 Å². The van der Waals surface area contributed by atoms with Gasteiger partial charge >= 0.3 is 0 Å². The number of ether oxygens (including phenoxy) is 1. The lowest BCUT2D eigenvalue weighted by Crippen LogP contribution is -2.29. The van der Waals surface area contributed by atoms with Crippen LogP contribution < -0.4 is 9.64 Å². The molecule has 0 bridgehead atoms. The van der Waals surface area contributed by atoms with E-state index in [-0.39, 0.29) is 11.8 Å². The summed E-state index contributed by atoms with van der Waals surface area (Å²) < 4.78 is 6.07. The van der Waals surface area contributed by atoms with E-state index in [2.05, 4.69) is 6.07 Å². The van der Waals surface area contributed by atoms with E-state index in [9.17, 15) is 4.79 Å². The van der Waals surface area contributed by atoms with Gasteiger partial charge in [0.05, 0.1) is 6.10 Å². The van der Waals surface area contributed by atoms with Crippen LogP contribution in [0.4, 0.5) is 5.69 Å². The third-order valence-corrected chi connectivity index (χ3v) is 4.45. The van der Waals surface area contributed by atoms with Crippen molar-refractivity contribution in [3.8, 4) is 5.75 Å². The first-order chi connectivity index (χ1) is 9.78. The molecule has 0 unspecified atom stereocenters. The Morgan fingerprint density at radius 2 is 2.10 bits per heavy atom. The number of alkyl halides is 1. The summed E-state index contributed by atoms with van der Waals surface area (Å²) in [5, 5.41) is 0. The smallest absolute Gasteiger partial charge is 0.241 e. The van der Waals surface area contributed by atoms with Crippen LogP contribution in [0.3, 0.4) is 0 Å². The highest BCUT2D eigenvalue weighted by Gasteiger charge is 2.24. The molecule has 108 valence electrons. The molecule has 1 heterocycles. The molecule has 0 N–H and O–H groups in total. The fraction of sp³-hybridized carbons (Fsp3) is 0.562. The highest BCUT2D eigenvalue weighted by molar-refractivity contribution is 6.29. The Labute approximate surface area is 124 Å². The van der Waals surface area contributed by atoms with Gasteiger partial charge in [0.2, 0.25) is 5.91 Å². The van der Waals surface area contributed by atoms with Crippen LogP contribution in [0.5, 0.6) is 5.75 Å². The van der Waals surface area contributed by atoms with Crippen molar-refractivity contribution in [3.05, 3.63) is 23.8 Å². The Morgan fingerprint density at radius 3 is 2.85 bits per heavy atom. The molecule has 3 rings (SSSR count). The summed E-state index contributed by atoms with van der Waals surface area (Å²) in [5.74, 6) is 0.960. The lowest BCUT2D eigenvalue weighted by atomic mass is 9.98. The minimum Gasteiger partial charge on any atom is -0.490 e. The van der Waals surface area contributed by atoms with Crippen LogP contribution in [-0.4, -0.2) is 24.4 Å². The van der Waals surface area contributed by atoms with Crippen molar-refractivity contribution < 1.29 is 9.53 Å². The Balaban J connectivity index is 1.72. The molecule has 0 aromatic heterocycles. The van der Waals surface area contributed by atoms with Crippen molar-refractivity contribution in [2.24, 2.45) is 0 Å². The zero-order valence-electron chi connectivity index (χ0n) is 11.6. The quantitative estimate of drug-likeness (QED) is 0.798. The van der Waals surface area contributed by atoms with Gasteiger partial charge in [-0.1, -0.05) is 6.42 Å². The number of fused-ring (bicyclic) bond motifs is 1. The topological polar surface area (TPSA) is 29.5 Å². The molecule has 20 heavy (non-hydrogen) atoms. The van der Waals surface area contributed by atoms with Gasteiger partial charge in [-0.15, -0.1) is 11.6 Å². The van der Waals surface area contributed by atoms with Crippen LogP contribution in [0.15, 0.2) is 18.2 Å². The fourth-order valence-electron chi connectivity index (χ4n) is 3.16. The number of halogens is 1. The monoisotopic (exact) mass is 293 g/mol. The fourth-order valence-corrected chi connectivity index (χ4v) is 3.30. The molecule has 1 aromatic carbocycles. The molecule has 4 heteroatoms. The maximum absolute atomic E-state index is 11.7. The molecule has 3 nitrogen and oxygen atoms in total. The summed E-state index contributed by atoms with van der Waals surface area (Å²) in [6.45, 7) is 0.730. The summed E-state index contributed by atoms with van der Waals surface area (Å²) in [5.41, 5.74) is 2.18. The molecule has 2 aliphatic rings. The van der Waals surface area contributed by atoms with E-state index in [0.717, 1.165) is 37.2 Å². The average molecular weight is 294 g/mol. The van der Waals surface area contributed by atoms with Gasteiger partial charge in [0.25, 0.3) is 0 Å². The van der Waals surface area contributed by atoms with Crippen molar-refractivity contribution >= 4 is 23.2 Å². The van der Waals surface area contributed by atoms with Gasteiger partial charge in [-0.25, -0.2) is 0 Å². The number of nitrogens with zero attached hydrogens (tertiary/aromatic N) is 1. The number of hydrogen-bond acceptors (Lipinski definition) is 2. The lowest BCUT2D eigenvalue weighted by molar-refractivity contribution is -0.116. The molecule has 1 amide bonds. The molecular weight excluding hydrogens is 274 g/mol. The number of rotatable bonds is 3. The average Bonchev–Trinajstić information content (AvgIpc) is 2.90. The standard InChI is InChI=1S/C16H20ClNO2/c17-11-16(19)18-9-8-12-10-14(6-7-15(12)18)20-13-4-2-1-3-5-13/h6-7,10,13H,1-5,8-9,11H2. The summed E-state index contributed by atoms with van der Waals surface area (Å²) in [7, 11) is 0. The second-order valence-electron chi connectivity index (χ2n) is 5.60. The van der Waals surface area contributed by atoms with Crippen molar-refractivity contribution in [3.63, 3.8) is 0 Å². The van der Waals surface area contributed by atoms with Gasteiger partial charge in [0.15, 0.2) is 0 Å². The zero-order valence-corrected chi connectivity index (χ0v) is 12.4. The van der Waals surface area contributed by atoms with Crippen LogP contribution in [0.2, 0.25) is 0 Å². The van der Waals surface area contributed by atoms with E-state index in [1.165, 1.54) is 24.8 Å². The normalized spacial score (nSPS) is 18.9. The lowest BCUT2D eigenvalue weighted by Gasteiger charge is -2.23. The van der Waals surface area contributed by atoms with Crippen LogP contribution >= 0.6 is 11.6 Å². The SMILES string of the molecule is O=C(CCl)N1CCc2cc(OC3CCCCC3)ccc21. The Kier molecular flexibility index (Phi) is 4.16. The number of carbonyl (C=O) groups is 1. The minimum atomic E-state index is -0.0219. The largest absolute Gasteiger partial charge is 0.490 e. The molecule has 1 saturated carbocycles. The molecule has 0 spiro atoms. The molecule has 1 aliphatic carbocycles. The maximum Gasteiger partial charge on any atom is 0.241 e. The maximum atomic E-state index is 11.7. The van der Waals surface area contributed by atoms with Crippen molar-refractivity contribution in [2.75, 3.05) is 17.3 Å². The first-order valence-corrected chi connectivity index (χ1v) is 7.97. The summed E-state index contributed by atoms with van der Waals surface area (Å²) in [6, 6.07) is 6.06. The predicted molar refractivity (Wildman–Crippen MR) is 80.7 cm³/mol. The Morgan fingerprint density at radius 1 is 1.30 bits per heavy atom. The second kappa shape index (κ2) is 6.04. The number of benzene rings is 1. The molecular formula is C16H20ClNO2. The first kappa shape index (κ1) is 13.7. The van der Waals surface area contributed by atoms with E-state index < -0.39 is 0 Å². The number of anilines is 1. The van der Waals surface area contributed by atoms with Crippen LogP contribution in [0.25, 0.3) is 0 Å². The predicted octanol–water partition coefficient (Wildman–Crippen LogP) is 3.53. The van der Waals surface area contributed by atoms with Gasteiger partial charge in [0.1, 0.15) is 11.6 Å². The van der Waals surface area contributed by atoms with Gasteiger partial charge in [-0.05, 0) is 55.9 Å². The zero-order chi connectivity index (χ0) is 13.9. The number of hydrogen-bond donors (Lipinski definition) is 0. The number of amides is 1. The van der Waals surface area contributed by atoms with Crippen LogP contribution in [0.1, 0.15) is 37.7 Å². The summed E-state index contributed by atoms with van der Waals surface area (Å²) in [6.07, 6.45) is 7.45. The van der Waals surface area contributed by atoms with E-state index >= 15 is 0 Å². The summed E-state index contributed by atoms with van der Waals surface area (Å²) in [4.78, 5) is 13.5. The van der Waals surface area contributed by atoms with Gasteiger partial charge < -0.3 is 9.64 Å². The third kappa shape index (κ3) is 2.78.